The Morgan fingerprint density at radius 1 is 0.500 bits per heavy atom. The molecule has 8 aromatic carbocycles. The van der Waals surface area contributed by atoms with Gasteiger partial charge in [0.15, 0.2) is 0 Å². The van der Waals surface area contributed by atoms with E-state index in [1.165, 1.54) is 21.5 Å². The van der Waals surface area contributed by atoms with Gasteiger partial charge in [-0.2, -0.15) is 5.26 Å². The maximum Gasteiger partial charge on any atom is 0.210 e. The molecule has 8 rings (SSSR count). The van der Waals surface area contributed by atoms with Crippen molar-refractivity contribution in [3.05, 3.63) is 174 Å². The van der Waals surface area contributed by atoms with Gasteiger partial charge in [-0.1, -0.05) is 91.0 Å². The maximum atomic E-state index is 10.2. The number of rotatable bonds is 6. The summed E-state index contributed by atoms with van der Waals surface area (Å²) in [5, 5.41) is 17.2. The molecule has 4 heteroatoms. The molecule has 0 saturated carbocycles. The average molecular weight is 615 g/mol. The van der Waals surface area contributed by atoms with Crippen molar-refractivity contribution in [2.24, 2.45) is 0 Å². The molecule has 4 nitrogen and oxygen atoms in total. The van der Waals surface area contributed by atoms with Gasteiger partial charge in [0, 0.05) is 22.1 Å². The van der Waals surface area contributed by atoms with E-state index in [1.807, 2.05) is 84.9 Å². The molecular formula is C44H30N4. The molecule has 0 amide bonds. The summed E-state index contributed by atoms with van der Waals surface area (Å²) in [6.45, 7) is 12.4. The Bertz CT molecular complexity index is 2380. The van der Waals surface area contributed by atoms with Crippen molar-refractivity contribution >= 4 is 72.1 Å². The summed E-state index contributed by atoms with van der Waals surface area (Å²) in [6, 6.07) is 52.1. The second-order valence-corrected chi connectivity index (χ2v) is 12.1. The first-order valence-electron chi connectivity index (χ1n) is 16.0. The van der Waals surface area contributed by atoms with E-state index < -0.39 is 0 Å². The number of benzene rings is 8. The quantitative estimate of drug-likeness (QED) is 0.138. The smallest absolute Gasteiger partial charge is 0.210 e. The molecule has 0 spiro atoms. The molecule has 0 aromatic heterocycles. The normalized spacial score (nSPS) is 11.1. The second kappa shape index (κ2) is 11.6. The molecule has 0 bridgehead atoms. The van der Waals surface area contributed by atoms with Crippen LogP contribution in [0.1, 0.15) is 16.7 Å². The summed E-state index contributed by atoms with van der Waals surface area (Å²) in [5.41, 5.74) is 9.21. The molecule has 226 valence electrons. The summed E-state index contributed by atoms with van der Waals surface area (Å²) in [4.78, 5) is 8.36. The van der Waals surface area contributed by atoms with Crippen LogP contribution in [0.25, 0.3) is 37.2 Å². The minimum absolute atomic E-state index is 0.595. The Morgan fingerprint density at radius 3 is 1.46 bits per heavy atom. The minimum Gasteiger partial charge on any atom is -0.320 e. The topological polar surface area (TPSA) is 34.6 Å². The van der Waals surface area contributed by atoms with E-state index in [-0.39, 0.29) is 0 Å². The fraction of sp³-hybridized carbons (Fsp3) is 0.0455. The lowest BCUT2D eigenvalue weighted by Gasteiger charge is -2.31. The van der Waals surface area contributed by atoms with Crippen molar-refractivity contribution in [3.63, 3.8) is 0 Å². The molecular weight excluding hydrogens is 585 g/mol. The molecule has 0 aliphatic heterocycles. The van der Waals surface area contributed by atoms with Crippen LogP contribution >= 0.6 is 0 Å². The lowest BCUT2D eigenvalue weighted by atomic mass is 9.88. The number of nitrogens with zero attached hydrogens (tertiary/aromatic N) is 4. The molecule has 0 heterocycles. The van der Waals surface area contributed by atoms with Gasteiger partial charge < -0.3 is 9.80 Å². The summed E-state index contributed by atoms with van der Waals surface area (Å²) in [6.07, 6.45) is 0. The van der Waals surface area contributed by atoms with Gasteiger partial charge in [-0.05, 0) is 101 Å². The Morgan fingerprint density at radius 2 is 0.938 bits per heavy atom. The fourth-order valence-electron chi connectivity index (χ4n) is 7.15. The Labute approximate surface area is 280 Å². The van der Waals surface area contributed by atoms with Crippen LogP contribution in [0.2, 0.25) is 0 Å². The monoisotopic (exact) mass is 614 g/mol. The zero-order valence-electron chi connectivity index (χ0n) is 26.6. The van der Waals surface area contributed by atoms with Crippen LogP contribution in [-0.4, -0.2) is 0 Å². The third-order valence-corrected chi connectivity index (χ3v) is 9.29. The highest BCUT2D eigenvalue weighted by Crippen LogP contribution is 2.50. The number of anilines is 6. The predicted molar refractivity (Wildman–Crippen MR) is 200 cm³/mol. The second-order valence-electron chi connectivity index (χ2n) is 12.1. The molecule has 0 radical (unpaired) electrons. The first kappa shape index (κ1) is 28.8. The number of hydrogen-bond donors (Lipinski definition) is 0. The molecule has 0 saturated heterocycles. The zero-order chi connectivity index (χ0) is 32.8. The highest BCUT2D eigenvalue weighted by atomic mass is 15.2. The van der Waals surface area contributed by atoms with Crippen molar-refractivity contribution in [1.82, 2.24) is 0 Å². The van der Waals surface area contributed by atoms with Crippen LogP contribution in [0.15, 0.2) is 146 Å². The first-order chi connectivity index (χ1) is 23.6. The van der Waals surface area contributed by atoms with Crippen LogP contribution in [0.4, 0.5) is 39.8 Å². The van der Waals surface area contributed by atoms with Crippen molar-refractivity contribution in [2.45, 2.75) is 13.8 Å². The summed E-state index contributed by atoms with van der Waals surface area (Å²) >= 11 is 0. The fourth-order valence-corrected chi connectivity index (χ4v) is 7.15. The number of para-hydroxylation sites is 5. The molecule has 0 unspecified atom stereocenters. The summed E-state index contributed by atoms with van der Waals surface area (Å²) in [5.74, 6) is 0. The number of hydrogen-bond acceptors (Lipinski definition) is 3. The maximum absolute atomic E-state index is 10.2. The van der Waals surface area contributed by atoms with E-state index in [0.29, 0.717) is 11.3 Å². The first-order valence-corrected chi connectivity index (χ1v) is 16.0. The van der Waals surface area contributed by atoms with Crippen LogP contribution in [0, 0.1) is 31.8 Å². The highest BCUT2D eigenvalue weighted by molar-refractivity contribution is 6.29. The molecule has 0 aliphatic carbocycles. The Balaban J connectivity index is 1.49. The van der Waals surface area contributed by atoms with E-state index in [2.05, 4.69) is 95.2 Å². The van der Waals surface area contributed by atoms with Gasteiger partial charge in [0.25, 0.3) is 0 Å². The van der Waals surface area contributed by atoms with E-state index in [9.17, 15) is 5.26 Å². The lowest BCUT2D eigenvalue weighted by Crippen LogP contribution is -2.13. The lowest BCUT2D eigenvalue weighted by molar-refractivity contribution is 1.28. The van der Waals surface area contributed by atoms with Gasteiger partial charge in [-0.3, -0.25) is 0 Å². The molecule has 8 aromatic rings. The van der Waals surface area contributed by atoms with Gasteiger partial charge >= 0.3 is 0 Å². The standard InChI is InChI=1S/C44H30N4/c1-29-26-41(47(32-15-6-4-7-16-32)39-20-12-10-14-31(39)28-45)36-24-22-35-30(2)27-42(37-25-23-34(29)43(36)44(35)37)48(33-17-8-5-9-18-33)40-21-13-11-19-38(40)46-3/h4-27H,1-2H3. The molecule has 0 fully saturated rings. The van der Waals surface area contributed by atoms with E-state index in [0.717, 1.165) is 56.0 Å². The Kier molecular flexibility index (Phi) is 6.98. The predicted octanol–water partition coefficient (Wildman–Crippen LogP) is 12.6. The number of nitriles is 1. The SMILES string of the molecule is [C-]#[N+]c1ccccc1N(c1ccccc1)c1cc(C)c2ccc3c(N(c4ccccc4)c4ccccc4C#N)cc(C)c4ccc1c2c43. The largest absolute Gasteiger partial charge is 0.320 e. The summed E-state index contributed by atoms with van der Waals surface area (Å²) in [7, 11) is 0. The van der Waals surface area contributed by atoms with Gasteiger partial charge in [-0.25, -0.2) is 4.85 Å². The Hall–Kier alpha value is -6.62. The van der Waals surface area contributed by atoms with Gasteiger partial charge in [0.2, 0.25) is 5.69 Å². The molecule has 0 atom stereocenters. The van der Waals surface area contributed by atoms with Gasteiger partial charge in [-0.15, -0.1) is 0 Å². The van der Waals surface area contributed by atoms with Crippen molar-refractivity contribution in [2.75, 3.05) is 9.80 Å². The highest BCUT2D eigenvalue weighted by Gasteiger charge is 2.25. The molecule has 0 N–H and O–H groups in total. The minimum atomic E-state index is 0.595. The van der Waals surface area contributed by atoms with Crippen molar-refractivity contribution in [1.29, 1.82) is 5.26 Å². The number of aryl methyl sites for hydroxylation is 2. The van der Waals surface area contributed by atoms with E-state index in [4.69, 9.17) is 6.57 Å². The molecule has 0 aliphatic rings. The van der Waals surface area contributed by atoms with Crippen LogP contribution in [0.3, 0.4) is 0 Å². The van der Waals surface area contributed by atoms with Crippen molar-refractivity contribution in [3.8, 4) is 6.07 Å². The van der Waals surface area contributed by atoms with E-state index >= 15 is 0 Å². The third-order valence-electron chi connectivity index (χ3n) is 9.29. The van der Waals surface area contributed by atoms with E-state index in [1.54, 1.807) is 0 Å². The van der Waals surface area contributed by atoms with Gasteiger partial charge in [0.1, 0.15) is 6.07 Å². The third kappa shape index (κ3) is 4.51. The van der Waals surface area contributed by atoms with Crippen LogP contribution in [-0.2, 0) is 0 Å². The zero-order valence-corrected chi connectivity index (χ0v) is 26.6. The molecule has 48 heavy (non-hydrogen) atoms. The summed E-state index contributed by atoms with van der Waals surface area (Å²) < 4.78 is 0. The average Bonchev–Trinajstić information content (AvgIpc) is 3.14. The van der Waals surface area contributed by atoms with Crippen LogP contribution < -0.4 is 9.80 Å². The van der Waals surface area contributed by atoms with Gasteiger partial charge in [0.05, 0.1) is 34.9 Å². The van der Waals surface area contributed by atoms with Crippen molar-refractivity contribution < 1.29 is 0 Å². The van der Waals surface area contributed by atoms with Crippen LogP contribution in [0.5, 0.6) is 0 Å².